The molecule has 3 aromatic rings. The van der Waals surface area contributed by atoms with E-state index in [1.807, 2.05) is 60.7 Å². The third-order valence-corrected chi connectivity index (χ3v) is 2.80. The van der Waals surface area contributed by atoms with Gasteiger partial charge in [0.15, 0.2) is 5.69 Å². The molecule has 0 amide bonds. The fourth-order valence-electron chi connectivity index (χ4n) is 1.81. The zero-order chi connectivity index (χ0) is 13.8. The first-order chi connectivity index (χ1) is 9.84. The fourth-order valence-corrected chi connectivity index (χ4v) is 1.81. The van der Waals surface area contributed by atoms with Gasteiger partial charge in [-0.15, -0.1) is 5.11 Å². The van der Waals surface area contributed by atoms with Crippen molar-refractivity contribution in [2.75, 3.05) is 0 Å². The fraction of sp³-hybridized carbons (Fsp3) is 0. The van der Waals surface area contributed by atoms with Crippen molar-refractivity contribution in [2.24, 2.45) is 10.2 Å². The summed E-state index contributed by atoms with van der Waals surface area (Å²) in [4.78, 5) is 12.2. The molecule has 0 atom stereocenters. The molecule has 1 heterocycles. The van der Waals surface area contributed by atoms with E-state index in [1.165, 1.54) is 4.68 Å². The van der Waals surface area contributed by atoms with Gasteiger partial charge in [-0.2, -0.15) is 5.11 Å². The van der Waals surface area contributed by atoms with Crippen molar-refractivity contribution in [1.29, 1.82) is 0 Å². The number of benzene rings is 2. The Kier molecular flexibility index (Phi) is 3.24. The van der Waals surface area contributed by atoms with Gasteiger partial charge in [0.05, 0.1) is 17.6 Å². The summed E-state index contributed by atoms with van der Waals surface area (Å²) in [5.74, 6) is 0. The van der Waals surface area contributed by atoms with Gasteiger partial charge in [0.1, 0.15) is 0 Å². The van der Waals surface area contributed by atoms with E-state index in [1.54, 1.807) is 6.20 Å². The van der Waals surface area contributed by atoms with Crippen LogP contribution in [0.4, 0.5) is 11.4 Å². The van der Waals surface area contributed by atoms with Crippen molar-refractivity contribution in [1.82, 2.24) is 9.78 Å². The predicted octanol–water partition coefficient (Wildman–Crippen LogP) is 3.58. The van der Waals surface area contributed by atoms with Gasteiger partial charge in [0.25, 0.3) is 5.56 Å². The van der Waals surface area contributed by atoms with Gasteiger partial charge in [0, 0.05) is 0 Å². The Morgan fingerprint density at radius 3 is 2.20 bits per heavy atom. The van der Waals surface area contributed by atoms with E-state index in [4.69, 9.17) is 0 Å². The molecule has 0 saturated heterocycles. The zero-order valence-corrected chi connectivity index (χ0v) is 10.6. The molecule has 0 unspecified atom stereocenters. The summed E-state index contributed by atoms with van der Waals surface area (Å²) in [5.41, 5.74) is 1.52. The summed E-state index contributed by atoms with van der Waals surface area (Å²) in [5, 5.41) is 10.9. The number of hydrogen-bond acceptors (Lipinski definition) is 3. The van der Waals surface area contributed by atoms with E-state index >= 15 is 0 Å². The van der Waals surface area contributed by atoms with Crippen LogP contribution in [0.5, 0.6) is 0 Å². The quantitative estimate of drug-likeness (QED) is 0.722. The van der Waals surface area contributed by atoms with Crippen LogP contribution in [-0.4, -0.2) is 9.78 Å². The zero-order valence-electron chi connectivity index (χ0n) is 10.6. The molecule has 3 rings (SSSR count). The summed E-state index contributed by atoms with van der Waals surface area (Å²) in [6, 6.07) is 18.6. The predicted molar refractivity (Wildman–Crippen MR) is 77.0 cm³/mol. The SMILES string of the molecule is O=c1c(N=Nc2ccccc2)c[nH]n1-c1ccccc1. The van der Waals surface area contributed by atoms with Crippen molar-refractivity contribution < 1.29 is 0 Å². The lowest BCUT2D eigenvalue weighted by Crippen LogP contribution is -2.13. The third-order valence-electron chi connectivity index (χ3n) is 2.80. The Morgan fingerprint density at radius 2 is 1.50 bits per heavy atom. The van der Waals surface area contributed by atoms with Gasteiger partial charge in [-0.3, -0.25) is 9.89 Å². The number of azo groups is 1. The van der Waals surface area contributed by atoms with Crippen LogP contribution < -0.4 is 5.56 Å². The average molecular weight is 264 g/mol. The number of aromatic amines is 1. The molecule has 0 bridgehead atoms. The monoisotopic (exact) mass is 264 g/mol. The Hall–Kier alpha value is -2.95. The number of H-pyrrole nitrogens is 1. The van der Waals surface area contributed by atoms with Crippen LogP contribution in [0, 0.1) is 0 Å². The molecular weight excluding hydrogens is 252 g/mol. The third kappa shape index (κ3) is 2.42. The highest BCUT2D eigenvalue weighted by atomic mass is 16.1. The smallest absolute Gasteiger partial charge is 0.296 e. The first-order valence-electron chi connectivity index (χ1n) is 6.17. The molecule has 0 fully saturated rings. The number of para-hydroxylation sites is 1. The van der Waals surface area contributed by atoms with Crippen LogP contribution in [0.15, 0.2) is 81.9 Å². The first kappa shape index (κ1) is 12.1. The lowest BCUT2D eigenvalue weighted by atomic mass is 10.3. The lowest BCUT2D eigenvalue weighted by Gasteiger charge is -1.98. The molecule has 20 heavy (non-hydrogen) atoms. The highest BCUT2D eigenvalue weighted by molar-refractivity contribution is 5.39. The summed E-state index contributed by atoms with van der Waals surface area (Å²) in [6.07, 6.45) is 1.54. The first-order valence-corrected chi connectivity index (χ1v) is 6.17. The number of aromatic nitrogens is 2. The number of nitrogens with zero attached hydrogens (tertiary/aromatic N) is 3. The van der Waals surface area contributed by atoms with E-state index in [9.17, 15) is 4.79 Å². The van der Waals surface area contributed by atoms with Crippen LogP contribution in [0.3, 0.4) is 0 Å². The van der Waals surface area contributed by atoms with Gasteiger partial charge in [-0.05, 0) is 24.3 Å². The molecule has 0 spiro atoms. The highest BCUT2D eigenvalue weighted by Crippen LogP contribution is 2.14. The Morgan fingerprint density at radius 1 is 0.850 bits per heavy atom. The Labute approximate surface area is 115 Å². The topological polar surface area (TPSA) is 62.5 Å². The second kappa shape index (κ2) is 5.36. The molecule has 0 radical (unpaired) electrons. The van der Waals surface area contributed by atoms with Crippen LogP contribution in [0.2, 0.25) is 0 Å². The molecule has 0 aliphatic carbocycles. The van der Waals surface area contributed by atoms with Gasteiger partial charge < -0.3 is 0 Å². The van der Waals surface area contributed by atoms with Crippen molar-refractivity contribution in [3.05, 3.63) is 77.2 Å². The minimum Gasteiger partial charge on any atom is -0.296 e. The standard InChI is InChI=1S/C15H12N4O/c20-15-14(18-17-12-7-3-1-4-8-12)11-16-19(15)13-9-5-2-6-10-13/h1-11,16H. The van der Waals surface area contributed by atoms with E-state index in [0.717, 1.165) is 5.69 Å². The average Bonchev–Trinajstić information content (AvgIpc) is 2.88. The lowest BCUT2D eigenvalue weighted by molar-refractivity contribution is 0.849. The molecule has 1 aromatic heterocycles. The maximum Gasteiger partial charge on any atom is 0.298 e. The summed E-state index contributed by atoms with van der Waals surface area (Å²) in [6.45, 7) is 0. The molecule has 0 aliphatic rings. The van der Waals surface area contributed by atoms with Gasteiger partial charge in [-0.25, -0.2) is 4.68 Å². The molecule has 5 heteroatoms. The molecule has 98 valence electrons. The normalized spacial score (nSPS) is 11.0. The molecule has 0 aliphatic heterocycles. The maximum atomic E-state index is 12.2. The Balaban J connectivity index is 1.92. The van der Waals surface area contributed by atoms with E-state index in [0.29, 0.717) is 5.69 Å². The number of rotatable bonds is 3. The molecule has 0 saturated carbocycles. The Bertz CT molecular complexity index is 772. The van der Waals surface area contributed by atoms with Crippen LogP contribution in [-0.2, 0) is 0 Å². The van der Waals surface area contributed by atoms with Crippen molar-refractivity contribution >= 4 is 11.4 Å². The van der Waals surface area contributed by atoms with Crippen molar-refractivity contribution in [3.63, 3.8) is 0 Å². The number of hydrogen-bond donors (Lipinski definition) is 1. The van der Waals surface area contributed by atoms with Gasteiger partial charge >= 0.3 is 0 Å². The summed E-state index contributed by atoms with van der Waals surface area (Å²) < 4.78 is 1.43. The summed E-state index contributed by atoms with van der Waals surface area (Å²) >= 11 is 0. The van der Waals surface area contributed by atoms with Crippen molar-refractivity contribution in [2.45, 2.75) is 0 Å². The van der Waals surface area contributed by atoms with E-state index in [2.05, 4.69) is 15.3 Å². The summed E-state index contributed by atoms with van der Waals surface area (Å²) in [7, 11) is 0. The molecule has 5 nitrogen and oxygen atoms in total. The minimum absolute atomic E-state index is 0.226. The number of nitrogens with one attached hydrogen (secondary N) is 1. The molecular formula is C15H12N4O. The molecule has 1 N–H and O–H groups in total. The van der Waals surface area contributed by atoms with Crippen LogP contribution in [0.1, 0.15) is 0 Å². The largest absolute Gasteiger partial charge is 0.298 e. The minimum atomic E-state index is -0.226. The van der Waals surface area contributed by atoms with Crippen LogP contribution >= 0.6 is 0 Å². The highest BCUT2D eigenvalue weighted by Gasteiger charge is 2.06. The van der Waals surface area contributed by atoms with E-state index in [-0.39, 0.29) is 11.2 Å². The maximum absolute atomic E-state index is 12.2. The van der Waals surface area contributed by atoms with Crippen molar-refractivity contribution in [3.8, 4) is 5.69 Å². The second-order valence-electron chi connectivity index (χ2n) is 4.17. The molecule has 2 aromatic carbocycles. The van der Waals surface area contributed by atoms with Gasteiger partial charge in [-0.1, -0.05) is 36.4 Å². The van der Waals surface area contributed by atoms with Gasteiger partial charge in [0.2, 0.25) is 0 Å². The van der Waals surface area contributed by atoms with E-state index < -0.39 is 0 Å². The second-order valence-corrected chi connectivity index (χ2v) is 4.17. The van der Waals surface area contributed by atoms with Crippen LogP contribution in [0.25, 0.3) is 5.69 Å².